The van der Waals surface area contributed by atoms with Crippen molar-refractivity contribution in [3.63, 3.8) is 0 Å². The molecule has 1 atom stereocenters. The second-order valence-electron chi connectivity index (χ2n) is 5.26. The largest absolute Gasteiger partial charge is 0.340 e. The number of likely N-dealkylation sites (tertiary alicyclic amines) is 1. The van der Waals surface area contributed by atoms with Crippen LogP contribution in [0.4, 0.5) is 0 Å². The molecule has 21 heavy (non-hydrogen) atoms. The van der Waals surface area contributed by atoms with Crippen molar-refractivity contribution >= 4 is 5.91 Å². The maximum atomic E-state index is 12.3. The fraction of sp³-hybridized carbons (Fsp3) is 0.615. The van der Waals surface area contributed by atoms with E-state index in [1.165, 1.54) is 11.0 Å². The Morgan fingerprint density at radius 3 is 3.14 bits per heavy atom. The predicted octanol–water partition coefficient (Wildman–Crippen LogP) is 0.296. The molecule has 0 spiro atoms. The number of piperidine rings is 1. The van der Waals surface area contributed by atoms with E-state index in [1.54, 1.807) is 0 Å². The van der Waals surface area contributed by atoms with Crippen molar-refractivity contribution in [1.29, 1.82) is 0 Å². The summed E-state index contributed by atoms with van der Waals surface area (Å²) in [5.41, 5.74) is 0. The van der Waals surface area contributed by atoms with Crippen LogP contribution in [0.15, 0.2) is 18.7 Å². The number of aromatic nitrogens is 6. The number of nitrogens with zero attached hydrogens (tertiary/aromatic N) is 7. The van der Waals surface area contributed by atoms with E-state index in [-0.39, 0.29) is 12.5 Å². The molecule has 2 aromatic heterocycles. The number of amides is 1. The number of carbonyl (C=O) groups excluding carboxylic acids is 1. The van der Waals surface area contributed by atoms with Gasteiger partial charge < -0.3 is 9.47 Å². The second-order valence-corrected chi connectivity index (χ2v) is 5.26. The summed E-state index contributed by atoms with van der Waals surface area (Å²) in [6.45, 7) is 4.73. The lowest BCUT2D eigenvalue weighted by atomic mass is 9.97. The molecule has 0 bridgehead atoms. The maximum absolute atomic E-state index is 12.3. The molecule has 1 aliphatic heterocycles. The first-order valence-electron chi connectivity index (χ1n) is 7.27. The van der Waals surface area contributed by atoms with Crippen LogP contribution in [0, 0.1) is 0 Å². The minimum atomic E-state index is 0.0570. The zero-order chi connectivity index (χ0) is 14.7. The summed E-state index contributed by atoms with van der Waals surface area (Å²) in [4.78, 5) is 18.7. The Kier molecular flexibility index (Phi) is 3.94. The second kappa shape index (κ2) is 6.02. The van der Waals surface area contributed by atoms with Crippen LogP contribution in [-0.2, 0) is 17.9 Å². The number of hydrogen-bond acceptors (Lipinski definition) is 5. The molecule has 0 unspecified atom stereocenters. The van der Waals surface area contributed by atoms with Gasteiger partial charge in [0.15, 0.2) is 0 Å². The number of carbonyl (C=O) groups is 1. The van der Waals surface area contributed by atoms with Crippen molar-refractivity contribution in [2.24, 2.45) is 0 Å². The third-order valence-electron chi connectivity index (χ3n) is 3.92. The molecule has 1 aliphatic rings. The van der Waals surface area contributed by atoms with Gasteiger partial charge in [-0.3, -0.25) is 4.79 Å². The van der Waals surface area contributed by atoms with Gasteiger partial charge in [-0.25, -0.2) is 9.67 Å². The zero-order valence-electron chi connectivity index (χ0n) is 12.1. The van der Waals surface area contributed by atoms with Gasteiger partial charge in [0.1, 0.15) is 18.7 Å². The van der Waals surface area contributed by atoms with Gasteiger partial charge in [-0.15, -0.1) is 5.10 Å². The van der Waals surface area contributed by atoms with Crippen molar-refractivity contribution in [2.45, 2.75) is 38.8 Å². The summed E-state index contributed by atoms with van der Waals surface area (Å²) in [5.74, 6) is 1.45. The van der Waals surface area contributed by atoms with Gasteiger partial charge in [0, 0.05) is 37.9 Å². The molecule has 0 aromatic carbocycles. The molecule has 0 aliphatic carbocycles. The van der Waals surface area contributed by atoms with Gasteiger partial charge in [0.2, 0.25) is 5.91 Å². The zero-order valence-corrected chi connectivity index (χ0v) is 12.1. The van der Waals surface area contributed by atoms with Crippen LogP contribution in [0.5, 0.6) is 0 Å². The van der Waals surface area contributed by atoms with E-state index < -0.39 is 0 Å². The van der Waals surface area contributed by atoms with Crippen LogP contribution >= 0.6 is 0 Å². The summed E-state index contributed by atoms with van der Waals surface area (Å²) in [6, 6.07) is 0. The lowest BCUT2D eigenvalue weighted by molar-refractivity contribution is -0.133. The minimum absolute atomic E-state index is 0.0570. The van der Waals surface area contributed by atoms with Crippen molar-refractivity contribution < 1.29 is 4.79 Å². The molecular weight excluding hydrogens is 270 g/mol. The van der Waals surface area contributed by atoms with Gasteiger partial charge >= 0.3 is 0 Å². The smallest absolute Gasteiger partial charge is 0.244 e. The SMILES string of the molecule is CCn1ccnc1[C@@H]1CCCN(C(=O)Cn2cnnn2)C1. The van der Waals surface area contributed by atoms with Gasteiger partial charge in [-0.1, -0.05) is 0 Å². The highest BCUT2D eigenvalue weighted by Crippen LogP contribution is 2.25. The summed E-state index contributed by atoms with van der Waals surface area (Å²) in [5, 5.41) is 10.8. The summed E-state index contributed by atoms with van der Waals surface area (Å²) >= 11 is 0. The highest BCUT2D eigenvalue weighted by molar-refractivity contribution is 5.76. The highest BCUT2D eigenvalue weighted by Gasteiger charge is 2.27. The third-order valence-corrected chi connectivity index (χ3v) is 3.92. The van der Waals surface area contributed by atoms with Crippen LogP contribution < -0.4 is 0 Å². The lowest BCUT2D eigenvalue weighted by Gasteiger charge is -2.32. The molecule has 3 heterocycles. The first-order valence-corrected chi connectivity index (χ1v) is 7.27. The Balaban J connectivity index is 1.67. The predicted molar refractivity (Wildman–Crippen MR) is 74.3 cm³/mol. The van der Waals surface area contributed by atoms with Crippen molar-refractivity contribution in [2.75, 3.05) is 13.1 Å². The van der Waals surface area contributed by atoms with Crippen molar-refractivity contribution in [3.05, 3.63) is 24.5 Å². The minimum Gasteiger partial charge on any atom is -0.340 e. The monoisotopic (exact) mass is 289 g/mol. The quantitative estimate of drug-likeness (QED) is 0.808. The molecule has 8 nitrogen and oxygen atoms in total. The average Bonchev–Trinajstić information content (AvgIpc) is 3.18. The van der Waals surface area contributed by atoms with Gasteiger partial charge in [0.05, 0.1) is 0 Å². The number of tetrazole rings is 1. The Hall–Kier alpha value is -2.25. The Morgan fingerprint density at radius 2 is 2.38 bits per heavy atom. The molecule has 0 saturated carbocycles. The van der Waals surface area contributed by atoms with Crippen LogP contribution in [0.3, 0.4) is 0 Å². The van der Waals surface area contributed by atoms with E-state index in [4.69, 9.17) is 0 Å². The van der Waals surface area contributed by atoms with Gasteiger partial charge in [-0.05, 0) is 30.2 Å². The third kappa shape index (κ3) is 2.93. The molecule has 0 N–H and O–H groups in total. The Labute approximate surface area is 122 Å². The van der Waals surface area contributed by atoms with Gasteiger partial charge in [-0.2, -0.15) is 0 Å². The first-order chi connectivity index (χ1) is 10.3. The molecule has 3 rings (SSSR count). The molecule has 1 amide bonds. The van der Waals surface area contributed by atoms with Crippen LogP contribution in [0.25, 0.3) is 0 Å². The Morgan fingerprint density at radius 1 is 1.48 bits per heavy atom. The first kappa shape index (κ1) is 13.7. The standard InChI is InChI=1S/C13H19N7O/c1-2-18-7-5-14-13(18)11-4-3-6-19(8-11)12(21)9-20-10-15-16-17-20/h5,7,10-11H,2-4,6,8-9H2,1H3/t11-/m1/s1. The van der Waals surface area contributed by atoms with E-state index >= 15 is 0 Å². The molecule has 2 aromatic rings. The van der Waals surface area contributed by atoms with Crippen LogP contribution in [-0.4, -0.2) is 53.7 Å². The van der Waals surface area contributed by atoms with Crippen LogP contribution in [0.2, 0.25) is 0 Å². The number of rotatable bonds is 4. The molecule has 0 radical (unpaired) electrons. The summed E-state index contributed by atoms with van der Waals surface area (Å²) < 4.78 is 3.61. The van der Waals surface area contributed by atoms with E-state index in [2.05, 4.69) is 32.0 Å². The Bertz CT molecular complexity index is 591. The fourth-order valence-electron chi connectivity index (χ4n) is 2.85. The van der Waals surface area contributed by atoms with Gasteiger partial charge in [0.25, 0.3) is 0 Å². The molecular formula is C13H19N7O. The highest BCUT2D eigenvalue weighted by atomic mass is 16.2. The molecule has 8 heteroatoms. The number of aryl methyl sites for hydroxylation is 1. The van der Waals surface area contributed by atoms with E-state index in [1.807, 2.05) is 17.3 Å². The average molecular weight is 289 g/mol. The van der Waals surface area contributed by atoms with Crippen molar-refractivity contribution in [3.8, 4) is 0 Å². The maximum Gasteiger partial charge on any atom is 0.244 e. The molecule has 112 valence electrons. The number of imidazole rings is 1. The topological polar surface area (TPSA) is 81.7 Å². The molecule has 1 saturated heterocycles. The van der Waals surface area contributed by atoms with Crippen LogP contribution in [0.1, 0.15) is 31.5 Å². The fourth-order valence-corrected chi connectivity index (χ4v) is 2.85. The van der Waals surface area contributed by atoms with E-state index in [9.17, 15) is 4.79 Å². The van der Waals surface area contributed by atoms with Crippen molar-refractivity contribution in [1.82, 2.24) is 34.7 Å². The normalized spacial score (nSPS) is 18.9. The van der Waals surface area contributed by atoms with E-state index in [0.717, 1.165) is 38.3 Å². The molecule has 1 fully saturated rings. The summed E-state index contributed by atoms with van der Waals surface area (Å²) in [7, 11) is 0. The lowest BCUT2D eigenvalue weighted by Crippen LogP contribution is -2.41. The van der Waals surface area contributed by atoms with E-state index in [0.29, 0.717) is 5.92 Å². The summed E-state index contributed by atoms with van der Waals surface area (Å²) in [6.07, 6.45) is 7.37. The number of hydrogen-bond donors (Lipinski definition) is 0.